The molecule has 2 aromatic carbocycles. The molecule has 8 heteroatoms. The molecule has 4 aromatic rings. The lowest BCUT2D eigenvalue weighted by Crippen LogP contribution is -2.50. The van der Waals surface area contributed by atoms with Crippen molar-refractivity contribution >= 4 is 11.7 Å². The number of amides is 1. The van der Waals surface area contributed by atoms with Gasteiger partial charge in [0.15, 0.2) is 0 Å². The van der Waals surface area contributed by atoms with Gasteiger partial charge in [-0.1, -0.05) is 27.2 Å². The van der Waals surface area contributed by atoms with Crippen molar-refractivity contribution in [1.29, 1.82) is 0 Å². The van der Waals surface area contributed by atoms with E-state index in [9.17, 15) is 13.6 Å². The van der Waals surface area contributed by atoms with Gasteiger partial charge in [-0.2, -0.15) is 5.10 Å². The summed E-state index contributed by atoms with van der Waals surface area (Å²) in [7, 11) is 0. The van der Waals surface area contributed by atoms with E-state index in [2.05, 4.69) is 35.9 Å². The van der Waals surface area contributed by atoms with E-state index in [1.807, 2.05) is 18.0 Å². The van der Waals surface area contributed by atoms with E-state index in [1.54, 1.807) is 28.9 Å². The van der Waals surface area contributed by atoms with Crippen LogP contribution in [0.5, 0.6) is 0 Å². The summed E-state index contributed by atoms with van der Waals surface area (Å²) in [5.41, 5.74) is 5.27. The van der Waals surface area contributed by atoms with E-state index in [4.69, 9.17) is 5.10 Å². The third-order valence-corrected chi connectivity index (χ3v) is 7.94. The molecule has 0 N–H and O–H groups in total. The Morgan fingerprint density at radius 2 is 1.54 bits per heavy atom. The van der Waals surface area contributed by atoms with E-state index >= 15 is 0 Å². The van der Waals surface area contributed by atoms with Gasteiger partial charge in [-0.3, -0.25) is 9.48 Å². The molecule has 0 bridgehead atoms. The van der Waals surface area contributed by atoms with E-state index in [0.717, 1.165) is 41.0 Å². The number of anilines is 1. The van der Waals surface area contributed by atoms with Crippen LogP contribution >= 0.6 is 0 Å². The molecule has 1 aliphatic rings. The highest BCUT2D eigenvalue weighted by Crippen LogP contribution is 2.33. The summed E-state index contributed by atoms with van der Waals surface area (Å²) in [5, 5.41) is 4.85. The van der Waals surface area contributed by atoms with E-state index in [0.29, 0.717) is 44.2 Å². The molecule has 1 unspecified atom stereocenters. The highest BCUT2D eigenvalue weighted by atomic mass is 19.1. The van der Waals surface area contributed by atoms with E-state index < -0.39 is 0 Å². The zero-order valence-electron chi connectivity index (χ0n) is 24.0. The van der Waals surface area contributed by atoms with Gasteiger partial charge in [0, 0.05) is 49.1 Å². The lowest BCUT2D eigenvalue weighted by atomic mass is 9.97. The summed E-state index contributed by atoms with van der Waals surface area (Å²) in [5.74, 6) is 0.769. The van der Waals surface area contributed by atoms with Gasteiger partial charge in [0.1, 0.15) is 24.0 Å². The number of benzene rings is 2. The minimum atomic E-state index is -0.328. The summed E-state index contributed by atoms with van der Waals surface area (Å²) in [4.78, 5) is 22.3. The normalized spacial score (nSPS) is 14.4. The predicted molar refractivity (Wildman–Crippen MR) is 159 cm³/mol. The predicted octanol–water partition coefficient (Wildman–Crippen LogP) is 6.71. The molecule has 0 radical (unpaired) electrons. The van der Waals surface area contributed by atoms with Crippen molar-refractivity contribution < 1.29 is 13.6 Å². The Labute approximate surface area is 240 Å². The van der Waals surface area contributed by atoms with Crippen LogP contribution < -0.4 is 4.90 Å². The Balaban J connectivity index is 1.36. The highest BCUT2D eigenvalue weighted by Gasteiger charge is 2.26. The summed E-state index contributed by atoms with van der Waals surface area (Å²) in [6, 6.07) is 16.7. The van der Waals surface area contributed by atoms with Gasteiger partial charge in [0.25, 0.3) is 0 Å². The lowest BCUT2D eigenvalue weighted by Gasteiger charge is -2.35. The average Bonchev–Trinajstić information content (AvgIpc) is 3.36. The zero-order valence-corrected chi connectivity index (χ0v) is 24.0. The average molecular weight is 558 g/mol. The molecule has 3 heterocycles. The molecule has 1 atom stereocenters. The SMILES string of the molecule is CCCC(C)c1ccnc(N2CCN(C(=O)Cn3nc(-c4ccc(F)cc4)c(CC)c3-c3ccc(F)cc3)CC2)c1. The molecular weight excluding hydrogens is 520 g/mol. The van der Waals surface area contributed by atoms with Gasteiger partial charge in [-0.15, -0.1) is 0 Å². The Morgan fingerprint density at radius 1 is 0.902 bits per heavy atom. The van der Waals surface area contributed by atoms with Gasteiger partial charge >= 0.3 is 0 Å². The summed E-state index contributed by atoms with van der Waals surface area (Å²) in [6.07, 6.45) is 4.81. The molecule has 2 aromatic heterocycles. The van der Waals surface area contributed by atoms with Crippen molar-refractivity contribution in [1.82, 2.24) is 19.7 Å². The summed E-state index contributed by atoms with van der Waals surface area (Å²) < 4.78 is 29.1. The number of hydrogen-bond acceptors (Lipinski definition) is 4. The van der Waals surface area contributed by atoms with Gasteiger partial charge in [0.2, 0.25) is 5.91 Å². The second-order valence-electron chi connectivity index (χ2n) is 10.7. The standard InChI is InChI=1S/C33H37F2N5O/c1-4-6-23(3)26-15-16-36-30(21-26)38-17-19-39(20-18-38)31(41)22-40-33(25-9-13-28(35)14-10-25)29(5-2)32(37-40)24-7-11-27(34)12-8-24/h7-16,21,23H,4-6,17-20,22H2,1-3H3. The first-order valence-corrected chi connectivity index (χ1v) is 14.5. The van der Waals surface area contributed by atoms with Gasteiger partial charge in [-0.05, 0) is 85.0 Å². The van der Waals surface area contributed by atoms with Crippen LogP contribution in [0.15, 0.2) is 66.9 Å². The molecule has 214 valence electrons. The first-order chi connectivity index (χ1) is 19.9. The topological polar surface area (TPSA) is 54.3 Å². The molecular formula is C33H37F2N5O. The van der Waals surface area contributed by atoms with Crippen molar-refractivity contribution in [2.45, 2.75) is 52.5 Å². The molecule has 0 spiro atoms. The third kappa shape index (κ3) is 6.32. The zero-order chi connectivity index (χ0) is 28.9. The van der Waals surface area contributed by atoms with Crippen molar-refractivity contribution in [2.75, 3.05) is 31.1 Å². The van der Waals surface area contributed by atoms with E-state index in [1.165, 1.54) is 29.8 Å². The number of hydrogen-bond donors (Lipinski definition) is 0. The van der Waals surface area contributed by atoms with Gasteiger partial charge in [-0.25, -0.2) is 13.8 Å². The maximum atomic E-state index is 13.8. The first-order valence-electron chi connectivity index (χ1n) is 14.5. The summed E-state index contributed by atoms with van der Waals surface area (Å²) in [6.45, 7) is 9.12. The monoisotopic (exact) mass is 557 g/mol. The number of piperazine rings is 1. The molecule has 41 heavy (non-hydrogen) atoms. The quantitative estimate of drug-likeness (QED) is 0.230. The van der Waals surface area contributed by atoms with Crippen LogP contribution in [0.3, 0.4) is 0 Å². The molecule has 1 aliphatic heterocycles. The fraction of sp³-hybridized carbons (Fsp3) is 0.364. The fourth-order valence-corrected chi connectivity index (χ4v) is 5.65. The van der Waals surface area contributed by atoms with Gasteiger partial charge in [0.05, 0.1) is 11.4 Å². The first kappa shape index (κ1) is 28.5. The second kappa shape index (κ2) is 12.6. The number of carbonyl (C=O) groups excluding carboxylic acids is 1. The molecule has 5 rings (SSSR count). The number of halogens is 2. The maximum absolute atomic E-state index is 13.8. The number of pyridine rings is 1. The number of aromatic nitrogens is 3. The Morgan fingerprint density at radius 3 is 2.15 bits per heavy atom. The smallest absolute Gasteiger partial charge is 0.244 e. The number of nitrogens with zero attached hydrogens (tertiary/aromatic N) is 5. The van der Waals surface area contributed by atoms with Crippen molar-refractivity contribution in [3.63, 3.8) is 0 Å². The third-order valence-electron chi connectivity index (χ3n) is 7.94. The Hall–Kier alpha value is -4.07. The highest BCUT2D eigenvalue weighted by molar-refractivity contribution is 5.80. The Bertz CT molecular complexity index is 1470. The number of carbonyl (C=O) groups is 1. The van der Waals surface area contributed by atoms with Crippen LogP contribution in [-0.4, -0.2) is 51.8 Å². The van der Waals surface area contributed by atoms with Crippen LogP contribution in [0.2, 0.25) is 0 Å². The van der Waals surface area contributed by atoms with Crippen LogP contribution in [-0.2, 0) is 17.8 Å². The molecule has 1 fully saturated rings. The largest absolute Gasteiger partial charge is 0.353 e. The van der Waals surface area contributed by atoms with Crippen LogP contribution in [0, 0.1) is 11.6 Å². The molecule has 0 aliphatic carbocycles. The van der Waals surface area contributed by atoms with E-state index in [-0.39, 0.29) is 24.1 Å². The van der Waals surface area contributed by atoms with Crippen molar-refractivity contribution in [3.05, 3.63) is 89.6 Å². The number of rotatable bonds is 9. The van der Waals surface area contributed by atoms with Gasteiger partial charge < -0.3 is 9.80 Å². The lowest BCUT2D eigenvalue weighted by molar-refractivity contribution is -0.132. The molecule has 0 saturated carbocycles. The molecule has 6 nitrogen and oxygen atoms in total. The van der Waals surface area contributed by atoms with Crippen LogP contribution in [0.4, 0.5) is 14.6 Å². The van der Waals surface area contributed by atoms with Crippen molar-refractivity contribution in [2.24, 2.45) is 0 Å². The van der Waals surface area contributed by atoms with Crippen molar-refractivity contribution in [3.8, 4) is 22.5 Å². The minimum Gasteiger partial charge on any atom is -0.353 e. The second-order valence-corrected chi connectivity index (χ2v) is 10.7. The van der Waals surface area contributed by atoms with Crippen LogP contribution in [0.1, 0.15) is 50.7 Å². The molecule has 1 saturated heterocycles. The summed E-state index contributed by atoms with van der Waals surface area (Å²) >= 11 is 0. The van der Waals surface area contributed by atoms with Crippen LogP contribution in [0.25, 0.3) is 22.5 Å². The molecule has 1 amide bonds. The Kier molecular flexibility index (Phi) is 8.76. The maximum Gasteiger partial charge on any atom is 0.244 e. The fourth-order valence-electron chi connectivity index (χ4n) is 5.65. The minimum absolute atomic E-state index is 0.0258.